The van der Waals surface area contributed by atoms with Gasteiger partial charge in [-0.15, -0.1) is 0 Å². The van der Waals surface area contributed by atoms with Crippen LogP contribution in [0.5, 0.6) is 0 Å². The van der Waals surface area contributed by atoms with Gasteiger partial charge in [-0.25, -0.2) is 4.57 Å². The Labute approximate surface area is 317 Å². The number of carbonyl (C=O) groups is 2. The van der Waals surface area contributed by atoms with Gasteiger partial charge in [-0.3, -0.25) is 14.1 Å². The lowest BCUT2D eigenvalue weighted by molar-refractivity contribution is -0.161. The largest absolute Gasteiger partial charge is 0.469 e. The third-order valence-corrected chi connectivity index (χ3v) is 9.26. The Morgan fingerprint density at radius 1 is 0.755 bits per heavy atom. The Kier molecular flexibility index (Phi) is 28.0. The van der Waals surface area contributed by atoms with E-state index in [9.17, 15) is 29.5 Å². The van der Waals surface area contributed by atoms with E-state index >= 15 is 0 Å². The molecule has 0 bridgehead atoms. The van der Waals surface area contributed by atoms with Gasteiger partial charge in [0, 0.05) is 25.2 Å². The van der Waals surface area contributed by atoms with E-state index in [1.165, 1.54) is 0 Å². The highest BCUT2D eigenvalue weighted by Gasteiger charge is 2.39. The first-order valence-corrected chi connectivity index (χ1v) is 21.0. The minimum atomic E-state index is -4.83. The summed E-state index contributed by atoms with van der Waals surface area (Å²) >= 11 is 0. The van der Waals surface area contributed by atoms with E-state index in [0.29, 0.717) is 32.1 Å². The van der Waals surface area contributed by atoms with Crippen LogP contribution in [0.4, 0.5) is 0 Å². The molecule has 1 rings (SSSR count). The van der Waals surface area contributed by atoms with Gasteiger partial charge >= 0.3 is 19.8 Å². The maximum absolute atomic E-state index is 12.4. The predicted octanol–water partition coefficient (Wildman–Crippen LogP) is 7.89. The lowest BCUT2D eigenvalue weighted by Gasteiger charge is -2.19. The summed E-state index contributed by atoms with van der Waals surface area (Å²) < 4.78 is 26.3. The maximum Gasteiger partial charge on any atom is 0.469 e. The molecule has 0 aliphatic heterocycles. The summed E-state index contributed by atoms with van der Waals surface area (Å²) in [5, 5.41) is 31.1. The third kappa shape index (κ3) is 26.7. The zero-order valence-corrected chi connectivity index (χ0v) is 32.9. The van der Waals surface area contributed by atoms with E-state index in [-0.39, 0.29) is 31.1 Å². The molecule has 0 aromatic rings. The van der Waals surface area contributed by atoms with Crippen LogP contribution in [0.1, 0.15) is 123 Å². The average molecular weight is 767 g/mol. The van der Waals surface area contributed by atoms with Crippen LogP contribution in [0.25, 0.3) is 0 Å². The number of esters is 2. The van der Waals surface area contributed by atoms with Crippen LogP contribution in [0.3, 0.4) is 0 Å². The van der Waals surface area contributed by atoms with Gasteiger partial charge in [0.05, 0.1) is 24.9 Å². The van der Waals surface area contributed by atoms with Crippen molar-refractivity contribution in [2.75, 3.05) is 13.2 Å². The number of aliphatic hydroxyl groups is 3. The van der Waals surface area contributed by atoms with Gasteiger partial charge in [-0.1, -0.05) is 106 Å². The fraction of sp³-hybridized carbons (Fsp3) is 0.659. The third-order valence-electron chi connectivity index (χ3n) is 8.78. The van der Waals surface area contributed by atoms with Crippen LogP contribution >= 0.6 is 7.82 Å². The van der Waals surface area contributed by atoms with Gasteiger partial charge in [0.15, 0.2) is 6.10 Å². The van der Waals surface area contributed by atoms with Crippen molar-refractivity contribution in [1.29, 1.82) is 0 Å². The molecule has 0 amide bonds. The Balaban J connectivity index is 2.37. The molecular formula is C41H67O11P. The topological polar surface area (TPSA) is 180 Å². The number of rotatable bonds is 30. The lowest BCUT2D eigenvalue weighted by atomic mass is 9.89. The molecule has 0 radical (unpaired) electrons. The highest BCUT2D eigenvalue weighted by atomic mass is 31.2. The van der Waals surface area contributed by atoms with E-state index in [1.807, 2.05) is 18.2 Å². The molecular weight excluding hydrogens is 699 g/mol. The van der Waals surface area contributed by atoms with Gasteiger partial charge in [-0.05, 0) is 76.5 Å². The normalized spacial score (nSPS) is 21.0. The lowest BCUT2D eigenvalue weighted by Crippen LogP contribution is -2.29. The first-order chi connectivity index (χ1) is 25.5. The molecule has 6 atom stereocenters. The van der Waals surface area contributed by atoms with Crippen molar-refractivity contribution < 1.29 is 53.3 Å². The van der Waals surface area contributed by atoms with Crippen molar-refractivity contribution in [3.63, 3.8) is 0 Å². The SMILES string of the molecule is CC/C=C\C/C=C\C/C=C\C/C=C\CCCCC(=O)O[C@H](COC(=O)CCC/C=C/C[C@@H]1[C@@H](/C=C/[C@@H](O)CCCCC)[C@H](O)C[C@@H]1O)COP(=O)(O)O. The van der Waals surface area contributed by atoms with Crippen LogP contribution in [0, 0.1) is 11.8 Å². The first-order valence-electron chi connectivity index (χ1n) is 19.5. The average Bonchev–Trinajstić information content (AvgIpc) is 3.38. The van der Waals surface area contributed by atoms with Crippen LogP contribution in [0.2, 0.25) is 0 Å². The second-order valence-electron chi connectivity index (χ2n) is 13.5. The fourth-order valence-corrected chi connectivity index (χ4v) is 6.19. The Hall–Kier alpha value is -2.63. The van der Waals surface area contributed by atoms with Crippen molar-refractivity contribution in [3.8, 4) is 0 Å². The molecule has 0 heterocycles. The van der Waals surface area contributed by atoms with Crippen molar-refractivity contribution in [3.05, 3.63) is 72.9 Å². The standard InChI is InChI=1S/C41H67O11P/c1-3-5-7-8-9-10-11-12-13-14-15-16-17-18-24-28-41(46)52-35(33-51-53(47,48)49)32-50-40(45)27-23-20-19-22-26-36-37(39(44)31-38(36)43)30-29-34(42)25-21-6-4-2/h5,7,9-10,12-13,15-16,19,22,29-30,34-39,42-44H,3-4,6,8,11,14,17-18,20-21,23-28,31-33H2,1-2H3,(H2,47,48,49)/b7-5-,10-9-,13-12-,16-15-,22-19+,30-29+/t34-,35+,36+,37+,38-,39+/m0/s1. The summed E-state index contributed by atoms with van der Waals surface area (Å²) in [7, 11) is -4.83. The van der Waals surface area contributed by atoms with Crippen LogP contribution < -0.4 is 0 Å². The Morgan fingerprint density at radius 3 is 2.04 bits per heavy atom. The van der Waals surface area contributed by atoms with Gasteiger partial charge in [-0.2, -0.15) is 0 Å². The first kappa shape index (κ1) is 48.4. The molecule has 0 spiro atoms. The van der Waals surface area contributed by atoms with Gasteiger partial charge in [0.2, 0.25) is 0 Å². The van der Waals surface area contributed by atoms with Crippen molar-refractivity contribution in [2.24, 2.45) is 11.8 Å². The van der Waals surface area contributed by atoms with E-state index in [4.69, 9.17) is 19.3 Å². The summed E-state index contributed by atoms with van der Waals surface area (Å²) in [4.78, 5) is 42.9. The smallest absolute Gasteiger partial charge is 0.462 e. The minimum absolute atomic E-state index is 0.0771. The molecule has 5 N–H and O–H groups in total. The summed E-state index contributed by atoms with van der Waals surface area (Å²) in [6.45, 7) is 3.20. The van der Waals surface area contributed by atoms with E-state index in [1.54, 1.807) is 6.08 Å². The Morgan fingerprint density at radius 2 is 1.38 bits per heavy atom. The number of hydrogen-bond acceptors (Lipinski definition) is 9. The van der Waals surface area contributed by atoms with Gasteiger partial charge in [0.1, 0.15) is 6.61 Å². The quantitative estimate of drug-likeness (QED) is 0.0208. The number of aliphatic hydroxyl groups excluding tert-OH is 3. The molecule has 0 aromatic heterocycles. The van der Waals surface area contributed by atoms with Crippen LogP contribution in [-0.4, -0.2) is 74.7 Å². The Bertz CT molecular complexity index is 1200. The molecule has 1 saturated carbocycles. The molecule has 0 unspecified atom stereocenters. The zero-order valence-electron chi connectivity index (χ0n) is 32.0. The predicted molar refractivity (Wildman–Crippen MR) is 209 cm³/mol. The van der Waals surface area contributed by atoms with Crippen LogP contribution in [0.15, 0.2) is 72.9 Å². The minimum Gasteiger partial charge on any atom is -0.462 e. The molecule has 12 heteroatoms. The summed E-state index contributed by atoms with van der Waals surface area (Å²) in [5.74, 6) is -1.55. The van der Waals surface area contributed by atoms with Gasteiger partial charge in [0.25, 0.3) is 0 Å². The number of carbonyl (C=O) groups excluding carboxylic acids is 2. The van der Waals surface area contributed by atoms with Crippen molar-refractivity contribution in [1.82, 2.24) is 0 Å². The number of ether oxygens (including phenoxy) is 2. The number of phosphoric ester groups is 1. The van der Waals surface area contributed by atoms with E-state index in [0.717, 1.165) is 57.8 Å². The number of phosphoric acid groups is 1. The summed E-state index contributed by atoms with van der Waals surface area (Å²) in [6.07, 6.45) is 33.0. The van der Waals surface area contributed by atoms with Crippen LogP contribution in [-0.2, 0) is 28.2 Å². The van der Waals surface area contributed by atoms with Crippen molar-refractivity contribution in [2.45, 2.75) is 147 Å². The van der Waals surface area contributed by atoms with Gasteiger partial charge < -0.3 is 34.6 Å². The molecule has 0 saturated heterocycles. The summed E-state index contributed by atoms with van der Waals surface area (Å²) in [6, 6.07) is 0. The second-order valence-corrected chi connectivity index (χ2v) is 14.7. The molecule has 1 aliphatic carbocycles. The highest BCUT2D eigenvalue weighted by Crippen LogP contribution is 2.37. The highest BCUT2D eigenvalue weighted by molar-refractivity contribution is 7.46. The molecule has 302 valence electrons. The molecule has 1 aliphatic rings. The summed E-state index contributed by atoms with van der Waals surface area (Å²) in [5.41, 5.74) is 0. The fourth-order valence-electron chi connectivity index (χ4n) is 5.83. The molecule has 11 nitrogen and oxygen atoms in total. The number of unbranched alkanes of at least 4 members (excludes halogenated alkanes) is 5. The van der Waals surface area contributed by atoms with Crippen molar-refractivity contribution >= 4 is 19.8 Å². The molecule has 1 fully saturated rings. The van der Waals surface area contributed by atoms with E-state index in [2.05, 4.69) is 67.0 Å². The molecule has 53 heavy (non-hydrogen) atoms. The second kappa shape index (κ2) is 30.7. The molecule has 0 aromatic carbocycles. The van der Waals surface area contributed by atoms with E-state index < -0.39 is 57.4 Å². The number of allylic oxidation sites excluding steroid dienone is 10. The maximum atomic E-state index is 12.4. The monoisotopic (exact) mass is 766 g/mol. The zero-order chi connectivity index (χ0) is 39.2. The number of hydrogen-bond donors (Lipinski definition) is 5.